The van der Waals surface area contributed by atoms with Crippen molar-refractivity contribution in [2.45, 2.75) is 33.2 Å². The van der Waals surface area contributed by atoms with Crippen LogP contribution in [0, 0.1) is 5.92 Å². The Kier molecular flexibility index (Phi) is 7.07. The zero-order valence-corrected chi connectivity index (χ0v) is 20.1. The summed E-state index contributed by atoms with van der Waals surface area (Å²) in [6, 6.07) is 14.3. The van der Waals surface area contributed by atoms with Crippen LogP contribution in [0.2, 0.25) is 0 Å². The maximum absolute atomic E-state index is 13.3. The predicted molar refractivity (Wildman–Crippen MR) is 132 cm³/mol. The van der Waals surface area contributed by atoms with E-state index in [1.807, 2.05) is 23.1 Å². The molecule has 2 aliphatic rings. The second-order valence-electron chi connectivity index (χ2n) is 9.02. The van der Waals surface area contributed by atoms with Crippen molar-refractivity contribution in [2.24, 2.45) is 5.92 Å². The molecule has 2 aromatic carbocycles. The number of nitrogens with zero attached hydrogens (tertiary/aromatic N) is 2. The first-order valence-electron chi connectivity index (χ1n) is 11.7. The molecule has 0 atom stereocenters. The van der Waals surface area contributed by atoms with Crippen LogP contribution in [-0.4, -0.2) is 49.6 Å². The third-order valence-electron chi connectivity index (χ3n) is 6.55. The lowest BCUT2D eigenvalue weighted by atomic mass is 9.99. The summed E-state index contributed by atoms with van der Waals surface area (Å²) in [5.74, 6) is 2.25. The number of hydrogen-bond acceptors (Lipinski definition) is 4. The number of amides is 1. The summed E-state index contributed by atoms with van der Waals surface area (Å²) in [5, 5.41) is 0. The molecule has 0 N–H and O–H groups in total. The normalized spacial score (nSPS) is 16.0. The summed E-state index contributed by atoms with van der Waals surface area (Å²) in [6.45, 7) is 7.08. The summed E-state index contributed by atoms with van der Waals surface area (Å²) in [5.41, 5.74) is 6.09. The number of carbonyl (C=O) groups excluding carboxylic acids is 1. The van der Waals surface area contributed by atoms with Gasteiger partial charge in [-0.05, 0) is 71.4 Å². The summed E-state index contributed by atoms with van der Waals surface area (Å²) >= 11 is 0. The topological polar surface area (TPSA) is 42.0 Å². The molecule has 0 spiro atoms. The van der Waals surface area contributed by atoms with Crippen molar-refractivity contribution in [1.29, 1.82) is 0 Å². The van der Waals surface area contributed by atoms with Crippen molar-refractivity contribution in [3.63, 3.8) is 0 Å². The maximum atomic E-state index is 13.3. The van der Waals surface area contributed by atoms with Crippen LogP contribution in [0.15, 0.2) is 60.3 Å². The van der Waals surface area contributed by atoms with E-state index >= 15 is 0 Å². The van der Waals surface area contributed by atoms with Crippen molar-refractivity contribution in [2.75, 3.05) is 33.9 Å². The highest BCUT2D eigenvalue weighted by molar-refractivity contribution is 5.80. The van der Waals surface area contributed by atoms with E-state index < -0.39 is 0 Å². The van der Waals surface area contributed by atoms with Crippen LogP contribution in [0.4, 0.5) is 0 Å². The van der Waals surface area contributed by atoms with Gasteiger partial charge in [0.05, 0.1) is 20.8 Å². The highest BCUT2D eigenvalue weighted by atomic mass is 16.5. The van der Waals surface area contributed by atoms with Crippen LogP contribution in [-0.2, 0) is 17.8 Å². The molecule has 0 bridgehead atoms. The van der Waals surface area contributed by atoms with Gasteiger partial charge in [0.2, 0.25) is 5.91 Å². The molecule has 5 heteroatoms. The van der Waals surface area contributed by atoms with Crippen LogP contribution in [0.5, 0.6) is 11.5 Å². The first-order chi connectivity index (χ1) is 16.0. The van der Waals surface area contributed by atoms with Gasteiger partial charge in [-0.2, -0.15) is 0 Å². The van der Waals surface area contributed by atoms with Crippen LogP contribution in [0.25, 0.3) is 5.57 Å². The average molecular weight is 447 g/mol. The fraction of sp³-hybridized carbons (Fsp3) is 0.393. The van der Waals surface area contributed by atoms with E-state index in [2.05, 4.69) is 55.2 Å². The molecule has 2 aliphatic heterocycles. The Morgan fingerprint density at radius 2 is 1.70 bits per heavy atom. The quantitative estimate of drug-likeness (QED) is 0.632. The SMILES string of the molecule is COc1ccc(C2=CCCN(CC(=O)N3CCc4cc(OC)ccc4C3)C(C(C)C)=C2)cc1. The number of ether oxygens (including phenoxy) is 2. The number of carbonyl (C=O) groups is 1. The Morgan fingerprint density at radius 3 is 2.39 bits per heavy atom. The molecule has 33 heavy (non-hydrogen) atoms. The molecule has 2 heterocycles. The summed E-state index contributed by atoms with van der Waals surface area (Å²) in [6.07, 6.45) is 6.31. The van der Waals surface area contributed by atoms with E-state index in [0.29, 0.717) is 19.0 Å². The van der Waals surface area contributed by atoms with E-state index in [1.54, 1.807) is 14.2 Å². The van der Waals surface area contributed by atoms with E-state index in [0.717, 1.165) is 37.4 Å². The Hall–Kier alpha value is -3.21. The molecule has 0 aromatic heterocycles. The van der Waals surface area contributed by atoms with E-state index in [1.165, 1.54) is 28.0 Å². The van der Waals surface area contributed by atoms with Gasteiger partial charge < -0.3 is 19.3 Å². The molecular weight excluding hydrogens is 412 g/mol. The van der Waals surface area contributed by atoms with Gasteiger partial charge in [-0.3, -0.25) is 4.79 Å². The molecule has 0 unspecified atom stereocenters. The molecule has 174 valence electrons. The van der Waals surface area contributed by atoms with Crippen molar-refractivity contribution in [1.82, 2.24) is 9.80 Å². The molecule has 5 nitrogen and oxygen atoms in total. The molecule has 0 saturated heterocycles. The summed E-state index contributed by atoms with van der Waals surface area (Å²) < 4.78 is 10.6. The minimum Gasteiger partial charge on any atom is -0.497 e. The molecule has 0 aliphatic carbocycles. The van der Waals surface area contributed by atoms with Crippen molar-refractivity contribution in [3.05, 3.63) is 77.0 Å². The fourth-order valence-electron chi connectivity index (χ4n) is 4.63. The molecule has 0 fully saturated rings. The summed E-state index contributed by atoms with van der Waals surface area (Å²) in [4.78, 5) is 17.6. The van der Waals surface area contributed by atoms with Gasteiger partial charge in [-0.1, -0.05) is 38.1 Å². The van der Waals surface area contributed by atoms with E-state index in [9.17, 15) is 4.79 Å². The first-order valence-corrected chi connectivity index (χ1v) is 11.7. The number of allylic oxidation sites excluding steroid dienone is 3. The smallest absolute Gasteiger partial charge is 0.242 e. The highest BCUT2D eigenvalue weighted by Gasteiger charge is 2.25. The Balaban J connectivity index is 1.48. The molecule has 4 rings (SSSR count). The van der Waals surface area contributed by atoms with Crippen molar-refractivity contribution < 1.29 is 14.3 Å². The lowest BCUT2D eigenvalue weighted by Gasteiger charge is -2.33. The second-order valence-corrected chi connectivity index (χ2v) is 9.02. The van der Waals surface area contributed by atoms with Gasteiger partial charge in [-0.25, -0.2) is 0 Å². The minimum atomic E-state index is 0.191. The van der Waals surface area contributed by atoms with Crippen molar-refractivity contribution >= 4 is 11.5 Å². The zero-order chi connectivity index (χ0) is 23.4. The Bertz CT molecular complexity index is 1050. The van der Waals surface area contributed by atoms with Gasteiger partial charge in [0.15, 0.2) is 0 Å². The van der Waals surface area contributed by atoms with E-state index in [-0.39, 0.29) is 5.91 Å². The largest absolute Gasteiger partial charge is 0.497 e. The van der Waals surface area contributed by atoms with Crippen molar-refractivity contribution in [3.8, 4) is 11.5 Å². The van der Waals surface area contributed by atoms with Crippen LogP contribution in [0.1, 0.15) is 37.0 Å². The summed E-state index contributed by atoms with van der Waals surface area (Å²) in [7, 11) is 3.37. The monoisotopic (exact) mass is 446 g/mol. The lowest BCUT2D eigenvalue weighted by Crippen LogP contribution is -2.43. The van der Waals surface area contributed by atoms with Crippen LogP contribution < -0.4 is 9.47 Å². The first kappa shape index (κ1) is 23.0. The highest BCUT2D eigenvalue weighted by Crippen LogP contribution is 2.29. The zero-order valence-electron chi connectivity index (χ0n) is 20.1. The van der Waals surface area contributed by atoms with Gasteiger partial charge in [0, 0.05) is 25.3 Å². The van der Waals surface area contributed by atoms with Gasteiger partial charge in [-0.15, -0.1) is 0 Å². The van der Waals surface area contributed by atoms with Gasteiger partial charge in [0.1, 0.15) is 11.5 Å². The van der Waals surface area contributed by atoms with Gasteiger partial charge in [0.25, 0.3) is 0 Å². The van der Waals surface area contributed by atoms with E-state index in [4.69, 9.17) is 9.47 Å². The number of benzene rings is 2. The Morgan fingerprint density at radius 1 is 0.970 bits per heavy atom. The Labute approximate surface area is 197 Å². The molecular formula is C28H34N2O3. The standard InChI is InChI=1S/C28H34N2O3/c1-20(2)27-17-22(21-7-10-25(32-3)11-8-21)6-5-14-29(27)19-28(31)30-15-13-23-16-26(33-4)12-9-24(23)18-30/h6-12,16-17,20H,5,13-15,18-19H2,1-4H3. The average Bonchev–Trinajstić information content (AvgIpc) is 3.06. The number of fused-ring (bicyclic) bond motifs is 1. The predicted octanol–water partition coefficient (Wildman–Crippen LogP) is 4.92. The molecule has 0 saturated carbocycles. The third kappa shape index (κ3) is 5.24. The fourth-order valence-corrected chi connectivity index (χ4v) is 4.63. The maximum Gasteiger partial charge on any atom is 0.242 e. The third-order valence-corrected chi connectivity index (χ3v) is 6.55. The minimum absolute atomic E-state index is 0.191. The lowest BCUT2D eigenvalue weighted by molar-refractivity contribution is -0.133. The molecule has 0 radical (unpaired) electrons. The van der Waals surface area contributed by atoms with Crippen LogP contribution >= 0.6 is 0 Å². The number of methoxy groups -OCH3 is 2. The van der Waals surface area contributed by atoms with Crippen LogP contribution in [0.3, 0.4) is 0 Å². The molecule has 1 amide bonds. The molecule has 2 aromatic rings. The van der Waals surface area contributed by atoms with Gasteiger partial charge >= 0.3 is 0 Å². The second kappa shape index (κ2) is 10.2. The number of rotatable bonds is 6. The number of hydrogen-bond donors (Lipinski definition) is 0.